The van der Waals surface area contributed by atoms with E-state index in [1.165, 1.54) is 0 Å². The van der Waals surface area contributed by atoms with Crippen molar-refractivity contribution in [3.63, 3.8) is 0 Å². The van der Waals surface area contributed by atoms with Crippen molar-refractivity contribution in [1.82, 2.24) is 0 Å². The Balaban J connectivity index is 2.06. The first-order chi connectivity index (χ1) is 9.63. The first-order valence-corrected chi connectivity index (χ1v) is 7.64. The summed E-state index contributed by atoms with van der Waals surface area (Å²) in [4.78, 5) is 30.1. The van der Waals surface area contributed by atoms with Crippen LogP contribution in [0.2, 0.25) is 0 Å². The maximum atomic E-state index is 12.5. The van der Waals surface area contributed by atoms with Crippen molar-refractivity contribution >= 4 is 29.5 Å². The second-order valence-corrected chi connectivity index (χ2v) is 6.27. The highest BCUT2D eigenvalue weighted by molar-refractivity contribution is 8.03. The van der Waals surface area contributed by atoms with Gasteiger partial charge in [-0.05, 0) is 29.4 Å². The molecule has 0 radical (unpaired) electrons. The zero-order chi connectivity index (χ0) is 14.3. The van der Waals surface area contributed by atoms with Crippen LogP contribution in [0.15, 0.2) is 51.5 Å². The fourth-order valence-electron chi connectivity index (χ4n) is 2.64. The number of aliphatic imine (C=N–C) groups is 1. The lowest BCUT2D eigenvalue weighted by Gasteiger charge is -2.30. The molecule has 1 heterocycles. The quantitative estimate of drug-likeness (QED) is 0.579. The molecule has 3 rings (SSSR count). The van der Waals surface area contributed by atoms with Gasteiger partial charge in [0.25, 0.3) is 0 Å². The highest BCUT2D eigenvalue weighted by Gasteiger charge is 2.40. The number of allylic oxidation sites excluding steroid dienone is 6. The molecule has 102 valence electrons. The Kier molecular flexibility index (Phi) is 3.34. The molecule has 0 spiro atoms. The van der Waals surface area contributed by atoms with Crippen molar-refractivity contribution in [3.8, 4) is 0 Å². The van der Waals surface area contributed by atoms with Crippen LogP contribution in [0.1, 0.15) is 13.3 Å². The molecule has 2 aliphatic carbocycles. The topological polar surface area (TPSA) is 46.5 Å². The molecule has 0 saturated heterocycles. The van der Waals surface area contributed by atoms with Gasteiger partial charge in [-0.25, -0.2) is 0 Å². The normalized spacial score (nSPS) is 26.6. The second kappa shape index (κ2) is 5.02. The molecule has 20 heavy (non-hydrogen) atoms. The summed E-state index contributed by atoms with van der Waals surface area (Å²) < 4.78 is 0. The van der Waals surface area contributed by atoms with Crippen LogP contribution < -0.4 is 0 Å². The van der Waals surface area contributed by atoms with Gasteiger partial charge < -0.3 is 0 Å². The summed E-state index contributed by atoms with van der Waals surface area (Å²) >= 11 is 1.61. The molecule has 0 aromatic carbocycles. The van der Waals surface area contributed by atoms with Crippen LogP contribution in [0, 0.1) is 11.8 Å². The van der Waals surface area contributed by atoms with E-state index >= 15 is 0 Å². The predicted octanol–water partition coefficient (Wildman–Crippen LogP) is 2.86. The van der Waals surface area contributed by atoms with Crippen molar-refractivity contribution in [1.29, 1.82) is 0 Å². The first kappa shape index (κ1) is 13.3. The van der Waals surface area contributed by atoms with Crippen LogP contribution in [0.3, 0.4) is 0 Å². The third-order valence-corrected chi connectivity index (χ3v) is 5.03. The molecule has 0 fully saturated rings. The van der Waals surface area contributed by atoms with E-state index in [0.29, 0.717) is 12.0 Å². The van der Waals surface area contributed by atoms with E-state index in [2.05, 4.69) is 11.6 Å². The van der Waals surface area contributed by atoms with Crippen LogP contribution in [0.5, 0.6) is 0 Å². The number of fused-ring (bicyclic) bond motifs is 1. The number of hydrogen-bond donors (Lipinski definition) is 0. The summed E-state index contributed by atoms with van der Waals surface area (Å²) in [6.07, 6.45) is 8.00. The lowest BCUT2D eigenvalue weighted by molar-refractivity contribution is -0.138. The minimum absolute atomic E-state index is 0.0191. The zero-order valence-corrected chi connectivity index (χ0v) is 12.1. The highest BCUT2D eigenvalue weighted by atomic mass is 32.2. The minimum atomic E-state index is -0.355. The second-order valence-electron chi connectivity index (χ2n) is 5.15. The molecule has 1 aliphatic heterocycles. The Morgan fingerprint density at radius 3 is 2.90 bits per heavy atom. The first-order valence-electron chi connectivity index (χ1n) is 6.65. The van der Waals surface area contributed by atoms with Gasteiger partial charge >= 0.3 is 0 Å². The van der Waals surface area contributed by atoms with Crippen molar-refractivity contribution in [3.05, 3.63) is 46.6 Å². The molecule has 2 atom stereocenters. The maximum Gasteiger partial charge on any atom is 0.230 e. The van der Waals surface area contributed by atoms with Crippen molar-refractivity contribution in [2.24, 2.45) is 16.8 Å². The average Bonchev–Trinajstić information content (AvgIpc) is 2.42. The Labute approximate surface area is 122 Å². The maximum absolute atomic E-state index is 12.5. The third-order valence-electron chi connectivity index (χ3n) is 3.99. The van der Waals surface area contributed by atoms with E-state index < -0.39 is 0 Å². The van der Waals surface area contributed by atoms with Crippen LogP contribution in [0.4, 0.5) is 0 Å². The molecule has 0 saturated carbocycles. The van der Waals surface area contributed by atoms with Crippen molar-refractivity contribution in [2.75, 3.05) is 5.75 Å². The molecule has 0 bridgehead atoms. The van der Waals surface area contributed by atoms with Gasteiger partial charge in [0.2, 0.25) is 11.6 Å². The summed E-state index contributed by atoms with van der Waals surface area (Å²) in [5.74, 6) is -0.152. The van der Waals surface area contributed by atoms with E-state index in [4.69, 9.17) is 0 Å². The molecular weight excluding hydrogens is 270 g/mol. The van der Waals surface area contributed by atoms with E-state index in [1.54, 1.807) is 17.8 Å². The van der Waals surface area contributed by atoms with Gasteiger partial charge in [-0.2, -0.15) is 0 Å². The van der Waals surface area contributed by atoms with Gasteiger partial charge in [-0.3, -0.25) is 14.6 Å². The fourth-order valence-corrected chi connectivity index (χ4v) is 3.64. The average molecular weight is 285 g/mol. The van der Waals surface area contributed by atoms with E-state index in [9.17, 15) is 9.59 Å². The molecule has 0 N–H and O–H groups in total. The number of carbonyl (C=O) groups excluding carboxylic acids is 2. The van der Waals surface area contributed by atoms with E-state index in [-0.39, 0.29) is 23.4 Å². The highest BCUT2D eigenvalue weighted by Crippen LogP contribution is 2.42. The molecular formula is C16H15NO2S. The zero-order valence-electron chi connectivity index (χ0n) is 11.3. The van der Waals surface area contributed by atoms with Gasteiger partial charge in [-0.1, -0.05) is 13.0 Å². The number of thioether (sulfide) groups is 1. The number of Topliss-reactive ketones (excluding diaryl/α,β-unsaturated/α-hetero) is 2. The lowest BCUT2D eigenvalue weighted by atomic mass is 9.76. The molecule has 0 amide bonds. The summed E-state index contributed by atoms with van der Waals surface area (Å²) in [5.41, 5.74) is 2.22. The lowest BCUT2D eigenvalue weighted by Crippen LogP contribution is -2.35. The molecule has 2 unspecified atom stereocenters. The van der Waals surface area contributed by atoms with E-state index in [1.807, 2.05) is 25.3 Å². The van der Waals surface area contributed by atoms with Crippen molar-refractivity contribution < 1.29 is 9.59 Å². The van der Waals surface area contributed by atoms with Crippen LogP contribution in [0.25, 0.3) is 0 Å². The van der Waals surface area contributed by atoms with Crippen molar-refractivity contribution in [2.45, 2.75) is 13.3 Å². The Hall–Kier alpha value is -1.68. The number of nitrogens with zero attached hydrogens (tertiary/aromatic N) is 1. The Bertz CT molecular complexity index is 637. The molecule has 0 aromatic rings. The van der Waals surface area contributed by atoms with Gasteiger partial charge in [0.05, 0.1) is 5.70 Å². The van der Waals surface area contributed by atoms with Gasteiger partial charge in [0.1, 0.15) is 0 Å². The molecule has 4 heteroatoms. The standard InChI is InChI=1S/C16H15NO2S/c1-3-9(2)11-8-13-14(16(19)15(11)18)10-4-5-12(10)17-6-7-20-13/h3-6,9,11H,1,7-8H2,2H3. The monoisotopic (exact) mass is 285 g/mol. The Morgan fingerprint density at radius 2 is 2.25 bits per heavy atom. The van der Waals surface area contributed by atoms with E-state index in [0.717, 1.165) is 21.9 Å². The number of rotatable bonds is 2. The van der Waals surface area contributed by atoms with Crippen LogP contribution in [-0.4, -0.2) is 23.5 Å². The molecule has 3 nitrogen and oxygen atoms in total. The van der Waals surface area contributed by atoms with Crippen LogP contribution in [-0.2, 0) is 9.59 Å². The summed E-state index contributed by atoms with van der Waals surface area (Å²) in [6, 6.07) is 0. The van der Waals surface area contributed by atoms with Crippen LogP contribution >= 0.6 is 11.8 Å². The van der Waals surface area contributed by atoms with Gasteiger partial charge in [0, 0.05) is 29.0 Å². The summed E-state index contributed by atoms with van der Waals surface area (Å²) in [5, 5.41) is 0. The molecule has 0 aromatic heterocycles. The smallest absolute Gasteiger partial charge is 0.230 e. The minimum Gasteiger partial charge on any atom is -0.290 e. The SMILES string of the molecule is C=CC(C)C1CC2=C(C(=O)C1=O)C1=C(C=C1)N=CCS2. The summed E-state index contributed by atoms with van der Waals surface area (Å²) in [6.45, 7) is 5.68. The fraction of sp³-hybridized carbons (Fsp3) is 0.312. The third kappa shape index (κ3) is 1.95. The van der Waals surface area contributed by atoms with Gasteiger partial charge in [0.15, 0.2) is 0 Å². The number of carbonyl (C=O) groups is 2. The number of hydrogen-bond acceptors (Lipinski definition) is 4. The van der Waals surface area contributed by atoms with Gasteiger partial charge in [-0.15, -0.1) is 18.3 Å². The Morgan fingerprint density at radius 1 is 1.45 bits per heavy atom. The predicted molar refractivity (Wildman–Crippen MR) is 81.6 cm³/mol. The summed E-state index contributed by atoms with van der Waals surface area (Å²) in [7, 11) is 0. The number of ketones is 2. The molecule has 3 aliphatic rings. The largest absolute Gasteiger partial charge is 0.290 e.